The van der Waals surface area contributed by atoms with Gasteiger partial charge in [-0.25, -0.2) is 4.79 Å². The van der Waals surface area contributed by atoms with Crippen molar-refractivity contribution in [3.63, 3.8) is 0 Å². The Morgan fingerprint density at radius 3 is 1.79 bits per heavy atom. The number of aromatic amines is 1. The Kier molecular flexibility index (Phi) is 17.3. The van der Waals surface area contributed by atoms with Gasteiger partial charge in [-0.1, -0.05) is 36.4 Å². The fourth-order valence-electron chi connectivity index (χ4n) is 7.30. The molecule has 14 nitrogen and oxygen atoms in total. The highest BCUT2D eigenvalue weighted by Gasteiger charge is 2.25. The summed E-state index contributed by atoms with van der Waals surface area (Å²) in [7, 11) is 0. The van der Waals surface area contributed by atoms with Crippen LogP contribution < -0.4 is 28.4 Å². The SMILES string of the molecule is Cc1[nH]nc2cccc(OC[C@@H](O)CCCC3COc4ccccc4O3)c12.Cc1nn(C(=O)OC(C)(C)C)c2cccc(OC[C@@H](O)CCCC3COc4ccccc4O3)c12.S.S. The van der Waals surface area contributed by atoms with Gasteiger partial charge in [0.15, 0.2) is 23.0 Å². The Labute approximate surface area is 382 Å². The summed E-state index contributed by atoms with van der Waals surface area (Å²) in [4.78, 5) is 12.6. The number of benzene rings is 4. The predicted molar refractivity (Wildman–Crippen MR) is 251 cm³/mol. The highest BCUT2D eigenvalue weighted by molar-refractivity contribution is 7.59. The minimum atomic E-state index is -0.631. The molecule has 0 saturated heterocycles. The van der Waals surface area contributed by atoms with Crippen LogP contribution in [0.15, 0.2) is 84.9 Å². The van der Waals surface area contributed by atoms with Crippen LogP contribution in [0, 0.1) is 13.8 Å². The first-order valence-corrected chi connectivity index (χ1v) is 21.0. The molecule has 0 spiro atoms. The van der Waals surface area contributed by atoms with Crippen molar-refractivity contribution in [1.29, 1.82) is 0 Å². The number of para-hydroxylation sites is 4. The number of aliphatic hydroxyl groups is 2. The Hall–Kier alpha value is -5.29. The van der Waals surface area contributed by atoms with Gasteiger partial charge in [-0.05, 0) is 122 Å². The number of aromatic nitrogens is 4. The fourth-order valence-corrected chi connectivity index (χ4v) is 7.30. The lowest BCUT2D eigenvalue weighted by atomic mass is 10.1. The second-order valence-corrected chi connectivity index (χ2v) is 16.4. The van der Waals surface area contributed by atoms with E-state index in [0.717, 1.165) is 76.4 Å². The number of carbonyl (C=O) groups excluding carboxylic acids is 1. The van der Waals surface area contributed by atoms with E-state index in [4.69, 9.17) is 33.2 Å². The van der Waals surface area contributed by atoms with Gasteiger partial charge in [-0.15, -0.1) is 0 Å². The molecule has 2 aliphatic rings. The van der Waals surface area contributed by atoms with Gasteiger partial charge in [-0.3, -0.25) is 5.10 Å². The second kappa shape index (κ2) is 22.4. The number of nitrogens with zero attached hydrogens (tertiary/aromatic N) is 3. The van der Waals surface area contributed by atoms with E-state index in [1.807, 2.05) is 107 Å². The van der Waals surface area contributed by atoms with E-state index in [0.29, 0.717) is 43.0 Å². The first-order valence-electron chi connectivity index (χ1n) is 21.0. The Morgan fingerprint density at radius 1 is 0.746 bits per heavy atom. The summed E-state index contributed by atoms with van der Waals surface area (Å²) in [6.07, 6.45) is 2.77. The number of H-pyrrole nitrogens is 1. The average molecular weight is 905 g/mol. The number of aryl methyl sites for hydroxylation is 2. The van der Waals surface area contributed by atoms with E-state index in [9.17, 15) is 15.0 Å². The molecule has 63 heavy (non-hydrogen) atoms. The highest BCUT2D eigenvalue weighted by atomic mass is 32.1. The van der Waals surface area contributed by atoms with Crippen molar-refractivity contribution in [3.05, 3.63) is 96.3 Å². The van der Waals surface area contributed by atoms with Crippen molar-refractivity contribution >= 4 is 54.9 Å². The topological polar surface area (TPSA) is 169 Å². The average Bonchev–Trinajstić information content (AvgIpc) is 3.81. The maximum absolute atomic E-state index is 12.6. The molecule has 4 heterocycles. The van der Waals surface area contributed by atoms with Gasteiger partial charge >= 0.3 is 6.09 Å². The summed E-state index contributed by atoms with van der Waals surface area (Å²) in [5.41, 5.74) is 2.47. The van der Waals surface area contributed by atoms with Crippen LogP contribution in [0.5, 0.6) is 34.5 Å². The Bertz CT molecular complexity index is 2400. The molecule has 3 N–H and O–H groups in total. The number of carbonyl (C=O) groups is 1. The lowest BCUT2D eigenvalue weighted by Crippen LogP contribution is -2.29. The molecule has 340 valence electrons. The van der Waals surface area contributed by atoms with E-state index >= 15 is 0 Å². The molecule has 4 atom stereocenters. The Morgan fingerprint density at radius 2 is 1.25 bits per heavy atom. The molecule has 2 aromatic heterocycles. The predicted octanol–water partition coefficient (Wildman–Crippen LogP) is 8.72. The van der Waals surface area contributed by atoms with Crippen LogP contribution in [-0.2, 0) is 4.74 Å². The van der Waals surface area contributed by atoms with E-state index in [1.54, 1.807) is 12.1 Å². The second-order valence-electron chi connectivity index (χ2n) is 16.4. The van der Waals surface area contributed by atoms with Crippen LogP contribution in [0.25, 0.3) is 21.8 Å². The zero-order chi connectivity index (χ0) is 42.9. The summed E-state index contributed by atoms with van der Waals surface area (Å²) in [5.74, 6) is 4.44. The normalized spacial score (nSPS) is 16.1. The molecule has 0 amide bonds. The first kappa shape index (κ1) is 48.7. The molecule has 0 fully saturated rings. The zero-order valence-corrected chi connectivity index (χ0v) is 38.5. The van der Waals surface area contributed by atoms with Crippen molar-refractivity contribution in [2.24, 2.45) is 0 Å². The van der Waals surface area contributed by atoms with Gasteiger partial charge in [0, 0.05) is 5.69 Å². The maximum atomic E-state index is 12.6. The molecule has 2 aliphatic heterocycles. The number of fused-ring (bicyclic) bond motifs is 4. The van der Waals surface area contributed by atoms with Crippen LogP contribution in [0.4, 0.5) is 4.79 Å². The van der Waals surface area contributed by atoms with Crippen LogP contribution in [0.3, 0.4) is 0 Å². The monoisotopic (exact) mass is 904 g/mol. The van der Waals surface area contributed by atoms with E-state index in [1.165, 1.54) is 4.68 Å². The minimum Gasteiger partial charge on any atom is -0.490 e. The number of rotatable bonds is 14. The summed E-state index contributed by atoms with van der Waals surface area (Å²) < 4.78 is 41.9. The minimum absolute atomic E-state index is 0. The zero-order valence-electron chi connectivity index (χ0n) is 36.5. The summed E-state index contributed by atoms with van der Waals surface area (Å²) in [6.45, 7) is 10.7. The van der Waals surface area contributed by atoms with Gasteiger partial charge < -0.3 is 43.4 Å². The van der Waals surface area contributed by atoms with Gasteiger partial charge in [0.05, 0.1) is 39.7 Å². The third-order valence-electron chi connectivity index (χ3n) is 10.3. The van der Waals surface area contributed by atoms with Gasteiger partial charge in [0.2, 0.25) is 0 Å². The third kappa shape index (κ3) is 12.9. The number of aliphatic hydroxyl groups excluding tert-OH is 2. The third-order valence-corrected chi connectivity index (χ3v) is 10.3. The number of hydrogen-bond donors (Lipinski definition) is 3. The standard InChI is InChI=1S/C26H32N2O6.C21H24N2O4.2H2S/c1-17-24-20(28(27-17)25(30)34-26(2,3)4)11-8-14-23(24)31-15-18(29)9-7-10-19-16-32-21-12-5-6-13-22(21)33-19;1-14-21-17(23-22-14)8-5-11-20(21)25-12-15(24)6-4-7-16-13-26-18-9-2-3-10-19(18)27-16;;/h5-6,8,11-14,18-19,29H,7,9-10,15-16H2,1-4H3;2-3,5,8-11,15-16,24H,4,6-7,12-13H2,1H3,(H,22,23);2*1H2/t18-,19?;15-,16?;;/m00../s1. The molecular formula is C47H60N4O10S2. The quantitative estimate of drug-likeness (QED) is 0.0952. The smallest absolute Gasteiger partial charge is 0.435 e. The molecule has 0 bridgehead atoms. The Balaban J connectivity index is 0.000000236. The molecular weight excluding hydrogens is 845 g/mol. The molecule has 2 unspecified atom stereocenters. The maximum Gasteiger partial charge on any atom is 0.435 e. The van der Waals surface area contributed by atoms with Gasteiger partial charge in [0.1, 0.15) is 55.7 Å². The van der Waals surface area contributed by atoms with Gasteiger partial charge in [-0.2, -0.15) is 41.9 Å². The van der Waals surface area contributed by atoms with Crippen LogP contribution in [0.2, 0.25) is 0 Å². The lowest BCUT2D eigenvalue weighted by molar-refractivity contribution is 0.0522. The number of nitrogens with one attached hydrogen (secondary N) is 1. The summed E-state index contributed by atoms with van der Waals surface area (Å²) >= 11 is 0. The summed E-state index contributed by atoms with van der Waals surface area (Å²) in [6, 6.07) is 26.5. The van der Waals surface area contributed by atoms with Crippen molar-refractivity contribution in [1.82, 2.24) is 20.0 Å². The molecule has 8 rings (SSSR count). The molecule has 16 heteroatoms. The molecule has 0 saturated carbocycles. The van der Waals surface area contributed by atoms with Crippen molar-refractivity contribution in [3.8, 4) is 34.5 Å². The van der Waals surface area contributed by atoms with Crippen molar-refractivity contribution < 1.29 is 48.2 Å². The number of hydrogen-bond acceptors (Lipinski definition) is 12. The first-order chi connectivity index (χ1) is 29.4. The van der Waals surface area contributed by atoms with Crippen molar-refractivity contribution in [2.45, 2.75) is 103 Å². The van der Waals surface area contributed by atoms with Gasteiger partial charge in [0.25, 0.3) is 0 Å². The van der Waals surface area contributed by atoms with Crippen LogP contribution in [-0.4, -0.2) is 92.7 Å². The fraction of sp³-hybridized carbons (Fsp3) is 0.426. The largest absolute Gasteiger partial charge is 0.490 e. The molecule has 6 aromatic rings. The molecule has 0 aliphatic carbocycles. The lowest BCUT2D eigenvalue weighted by Gasteiger charge is -2.26. The van der Waals surface area contributed by atoms with E-state index in [-0.39, 0.29) is 52.4 Å². The van der Waals surface area contributed by atoms with E-state index < -0.39 is 23.9 Å². The highest BCUT2D eigenvalue weighted by Crippen LogP contribution is 2.34. The number of ether oxygens (including phenoxy) is 7. The summed E-state index contributed by atoms with van der Waals surface area (Å²) in [5, 5.41) is 34.0. The van der Waals surface area contributed by atoms with Crippen molar-refractivity contribution in [2.75, 3.05) is 26.4 Å². The molecule has 4 aromatic carbocycles. The van der Waals surface area contributed by atoms with E-state index in [2.05, 4.69) is 15.3 Å². The van der Waals surface area contributed by atoms with Crippen LogP contribution >= 0.6 is 27.0 Å². The van der Waals surface area contributed by atoms with Crippen LogP contribution in [0.1, 0.15) is 70.7 Å². The molecule has 0 radical (unpaired) electrons.